The predicted octanol–water partition coefficient (Wildman–Crippen LogP) is 2.18. The maximum Gasteiger partial charge on any atom is 0.0471 e. The van der Waals surface area contributed by atoms with E-state index in [1.165, 1.54) is 5.56 Å². The first-order chi connectivity index (χ1) is 7.36. The van der Waals surface area contributed by atoms with E-state index in [0.717, 1.165) is 25.9 Å². The molecule has 0 unspecified atom stereocenters. The molecule has 0 aliphatic rings. The molecule has 0 saturated carbocycles. The molecule has 0 saturated heterocycles. The number of benzene rings is 1. The van der Waals surface area contributed by atoms with Gasteiger partial charge in [-0.25, -0.2) is 0 Å². The molecule has 84 valence electrons. The molecule has 1 atom stereocenters. The van der Waals surface area contributed by atoms with Crippen LogP contribution in [0.4, 0.5) is 0 Å². The highest BCUT2D eigenvalue weighted by atomic mass is 16.3. The van der Waals surface area contributed by atoms with E-state index in [1.807, 2.05) is 18.2 Å². The van der Waals surface area contributed by atoms with Crippen LogP contribution in [0, 0.1) is 5.92 Å². The monoisotopic (exact) mass is 207 g/mol. The largest absolute Gasteiger partial charge is 0.396 e. The van der Waals surface area contributed by atoms with Crippen LogP contribution in [-0.2, 0) is 6.54 Å². The fourth-order valence-corrected chi connectivity index (χ4v) is 1.68. The van der Waals surface area contributed by atoms with Gasteiger partial charge in [-0.15, -0.1) is 0 Å². The van der Waals surface area contributed by atoms with Crippen LogP contribution in [0.5, 0.6) is 0 Å². The molecule has 2 nitrogen and oxygen atoms in total. The Labute approximate surface area is 92.3 Å². The Morgan fingerprint density at radius 3 is 2.60 bits per heavy atom. The molecule has 15 heavy (non-hydrogen) atoms. The van der Waals surface area contributed by atoms with Gasteiger partial charge in [0.1, 0.15) is 0 Å². The minimum Gasteiger partial charge on any atom is -0.396 e. The van der Waals surface area contributed by atoms with E-state index in [1.54, 1.807) is 0 Å². The van der Waals surface area contributed by atoms with Crippen molar-refractivity contribution in [2.45, 2.75) is 26.3 Å². The summed E-state index contributed by atoms with van der Waals surface area (Å²) < 4.78 is 0. The summed E-state index contributed by atoms with van der Waals surface area (Å²) in [6.07, 6.45) is 2.23. The van der Waals surface area contributed by atoms with Gasteiger partial charge in [-0.05, 0) is 17.9 Å². The van der Waals surface area contributed by atoms with Crippen LogP contribution in [0.1, 0.15) is 25.3 Å². The molecule has 1 aromatic rings. The van der Waals surface area contributed by atoms with E-state index in [4.69, 9.17) is 5.11 Å². The zero-order valence-electron chi connectivity index (χ0n) is 9.45. The van der Waals surface area contributed by atoms with Gasteiger partial charge >= 0.3 is 0 Å². The van der Waals surface area contributed by atoms with Crippen molar-refractivity contribution in [1.29, 1.82) is 0 Å². The minimum absolute atomic E-state index is 0.287. The quantitative estimate of drug-likeness (QED) is 0.718. The maximum atomic E-state index is 9.11. The molecular formula is C13H21NO. The van der Waals surface area contributed by atoms with E-state index in [-0.39, 0.29) is 6.61 Å². The molecule has 0 bridgehead atoms. The van der Waals surface area contributed by atoms with Crippen molar-refractivity contribution in [2.75, 3.05) is 13.2 Å². The predicted molar refractivity (Wildman–Crippen MR) is 63.6 cm³/mol. The first-order valence-electron chi connectivity index (χ1n) is 5.72. The summed E-state index contributed by atoms with van der Waals surface area (Å²) in [6, 6.07) is 10.3. The van der Waals surface area contributed by atoms with Crippen molar-refractivity contribution in [1.82, 2.24) is 5.32 Å². The highest BCUT2D eigenvalue weighted by molar-refractivity contribution is 5.14. The first kappa shape index (κ1) is 12.2. The lowest BCUT2D eigenvalue weighted by Crippen LogP contribution is -2.24. The Bertz CT molecular complexity index is 248. The second-order valence-corrected chi connectivity index (χ2v) is 3.95. The smallest absolute Gasteiger partial charge is 0.0471 e. The maximum absolute atomic E-state index is 9.11. The van der Waals surface area contributed by atoms with Gasteiger partial charge in [0.2, 0.25) is 0 Å². The molecule has 1 rings (SSSR count). The number of hydrogen-bond donors (Lipinski definition) is 2. The Hall–Kier alpha value is -0.860. The average molecular weight is 207 g/mol. The lowest BCUT2D eigenvalue weighted by atomic mass is 10.1. The van der Waals surface area contributed by atoms with Gasteiger partial charge in [0.05, 0.1) is 0 Å². The summed E-state index contributed by atoms with van der Waals surface area (Å²) in [7, 11) is 0. The van der Waals surface area contributed by atoms with Gasteiger partial charge < -0.3 is 10.4 Å². The molecule has 0 aliphatic heterocycles. The Kier molecular flexibility index (Phi) is 6.05. The molecule has 0 heterocycles. The van der Waals surface area contributed by atoms with Crippen molar-refractivity contribution < 1.29 is 5.11 Å². The molecule has 0 aromatic heterocycles. The van der Waals surface area contributed by atoms with Gasteiger partial charge in [-0.2, -0.15) is 0 Å². The number of rotatable bonds is 7. The number of nitrogens with one attached hydrogen (secondary N) is 1. The zero-order chi connectivity index (χ0) is 10.9. The number of aliphatic hydroxyl groups excluding tert-OH is 1. The molecule has 0 fully saturated rings. The Morgan fingerprint density at radius 2 is 2.00 bits per heavy atom. The van der Waals surface area contributed by atoms with E-state index >= 15 is 0 Å². The standard InChI is InChI=1S/C13H21NO/c1-2-6-13(11-15)10-14-9-12-7-4-3-5-8-12/h3-5,7-8,13-15H,2,6,9-11H2,1H3/t13-/m0/s1. The van der Waals surface area contributed by atoms with Crippen molar-refractivity contribution in [3.63, 3.8) is 0 Å². The molecule has 2 N–H and O–H groups in total. The number of hydrogen-bond acceptors (Lipinski definition) is 2. The van der Waals surface area contributed by atoms with Crippen LogP contribution in [-0.4, -0.2) is 18.3 Å². The molecule has 1 aromatic carbocycles. The first-order valence-corrected chi connectivity index (χ1v) is 5.72. The van der Waals surface area contributed by atoms with Crippen LogP contribution < -0.4 is 5.32 Å². The third-order valence-electron chi connectivity index (χ3n) is 2.56. The van der Waals surface area contributed by atoms with Gasteiger partial charge in [0.25, 0.3) is 0 Å². The van der Waals surface area contributed by atoms with Gasteiger partial charge in [-0.1, -0.05) is 43.7 Å². The van der Waals surface area contributed by atoms with Crippen LogP contribution in [0.15, 0.2) is 30.3 Å². The summed E-state index contributed by atoms with van der Waals surface area (Å²) >= 11 is 0. The topological polar surface area (TPSA) is 32.3 Å². The lowest BCUT2D eigenvalue weighted by Gasteiger charge is -2.13. The zero-order valence-corrected chi connectivity index (χ0v) is 9.45. The van der Waals surface area contributed by atoms with Crippen molar-refractivity contribution in [2.24, 2.45) is 5.92 Å². The van der Waals surface area contributed by atoms with Crippen LogP contribution in [0.2, 0.25) is 0 Å². The second-order valence-electron chi connectivity index (χ2n) is 3.95. The van der Waals surface area contributed by atoms with Gasteiger partial charge in [0, 0.05) is 19.7 Å². The third-order valence-corrected chi connectivity index (χ3v) is 2.56. The lowest BCUT2D eigenvalue weighted by molar-refractivity contribution is 0.213. The molecule has 0 aliphatic carbocycles. The Balaban J connectivity index is 2.20. The fourth-order valence-electron chi connectivity index (χ4n) is 1.68. The van der Waals surface area contributed by atoms with E-state index < -0.39 is 0 Å². The molecule has 0 spiro atoms. The minimum atomic E-state index is 0.287. The van der Waals surface area contributed by atoms with Crippen molar-refractivity contribution in [3.05, 3.63) is 35.9 Å². The molecule has 2 heteroatoms. The van der Waals surface area contributed by atoms with Crippen LogP contribution >= 0.6 is 0 Å². The van der Waals surface area contributed by atoms with Crippen LogP contribution in [0.25, 0.3) is 0 Å². The fraction of sp³-hybridized carbons (Fsp3) is 0.538. The molecular weight excluding hydrogens is 186 g/mol. The summed E-state index contributed by atoms with van der Waals surface area (Å²) in [5.74, 6) is 0.402. The van der Waals surface area contributed by atoms with E-state index in [2.05, 4.69) is 24.4 Å². The Morgan fingerprint density at radius 1 is 1.27 bits per heavy atom. The van der Waals surface area contributed by atoms with Gasteiger partial charge in [-0.3, -0.25) is 0 Å². The average Bonchev–Trinajstić information content (AvgIpc) is 2.29. The van der Waals surface area contributed by atoms with E-state index in [9.17, 15) is 0 Å². The highest BCUT2D eigenvalue weighted by Crippen LogP contribution is 2.04. The molecule has 0 radical (unpaired) electrons. The molecule has 0 amide bonds. The highest BCUT2D eigenvalue weighted by Gasteiger charge is 2.04. The third kappa shape index (κ3) is 4.96. The van der Waals surface area contributed by atoms with Crippen molar-refractivity contribution in [3.8, 4) is 0 Å². The van der Waals surface area contributed by atoms with Crippen molar-refractivity contribution >= 4 is 0 Å². The summed E-state index contributed by atoms with van der Waals surface area (Å²) in [4.78, 5) is 0. The second kappa shape index (κ2) is 7.43. The normalized spacial score (nSPS) is 12.7. The summed E-state index contributed by atoms with van der Waals surface area (Å²) in [6.45, 7) is 4.23. The summed E-state index contributed by atoms with van der Waals surface area (Å²) in [5.41, 5.74) is 1.30. The number of aliphatic hydroxyl groups is 1. The van der Waals surface area contributed by atoms with Gasteiger partial charge in [0.15, 0.2) is 0 Å². The van der Waals surface area contributed by atoms with Crippen LogP contribution in [0.3, 0.4) is 0 Å². The summed E-state index contributed by atoms with van der Waals surface area (Å²) in [5, 5.41) is 12.5. The SMILES string of the molecule is CCC[C@H](CO)CNCc1ccccc1. The van der Waals surface area contributed by atoms with E-state index in [0.29, 0.717) is 5.92 Å².